The van der Waals surface area contributed by atoms with Crippen LogP contribution in [0, 0.1) is 5.92 Å². The van der Waals surface area contributed by atoms with Gasteiger partial charge in [-0.2, -0.15) is 0 Å². The van der Waals surface area contributed by atoms with Crippen molar-refractivity contribution in [1.29, 1.82) is 0 Å². The Balaban J connectivity index is 1.57. The number of carbonyl (C=O) groups excluding carboxylic acids is 1. The van der Waals surface area contributed by atoms with Crippen molar-refractivity contribution in [1.82, 2.24) is 0 Å². The molecule has 0 radical (unpaired) electrons. The first-order chi connectivity index (χ1) is 12.6. The van der Waals surface area contributed by atoms with E-state index in [1.165, 1.54) is 16.3 Å². The van der Waals surface area contributed by atoms with Gasteiger partial charge in [-0.05, 0) is 47.2 Å². The fraction of sp³-hybridized carbons (Fsp3) is 0.227. The largest absolute Gasteiger partial charge is 0.309 e. The van der Waals surface area contributed by atoms with Gasteiger partial charge in [0.2, 0.25) is 5.91 Å². The van der Waals surface area contributed by atoms with Crippen molar-refractivity contribution in [3.8, 4) is 0 Å². The molecule has 1 aliphatic heterocycles. The van der Waals surface area contributed by atoms with E-state index in [-0.39, 0.29) is 5.91 Å². The Morgan fingerprint density at radius 1 is 0.923 bits per heavy atom. The molecule has 0 spiro atoms. The second kappa shape index (κ2) is 7.30. The Morgan fingerprint density at radius 2 is 1.65 bits per heavy atom. The lowest BCUT2D eigenvalue weighted by atomic mass is 9.90. The maximum absolute atomic E-state index is 12.5. The van der Waals surface area contributed by atoms with Crippen LogP contribution in [-0.2, 0) is 11.2 Å². The lowest BCUT2D eigenvalue weighted by Gasteiger charge is -2.33. The SMILES string of the molecule is O=C1CCC(Cc2ccc3ccccc3c2)CN1c1c(Cl)cccc1Cl. The average Bonchev–Trinajstić information content (AvgIpc) is 2.64. The quantitative estimate of drug-likeness (QED) is 0.532. The molecule has 3 aromatic carbocycles. The predicted molar refractivity (Wildman–Crippen MR) is 109 cm³/mol. The van der Waals surface area contributed by atoms with Gasteiger partial charge in [0.15, 0.2) is 0 Å². The zero-order chi connectivity index (χ0) is 18.1. The molecule has 0 aromatic heterocycles. The van der Waals surface area contributed by atoms with Crippen LogP contribution < -0.4 is 4.90 Å². The van der Waals surface area contributed by atoms with Crippen LogP contribution in [0.1, 0.15) is 18.4 Å². The first-order valence-corrected chi connectivity index (χ1v) is 9.59. The minimum atomic E-state index is 0.0924. The Hall–Kier alpha value is -2.03. The van der Waals surface area contributed by atoms with Gasteiger partial charge in [-0.1, -0.05) is 71.7 Å². The maximum atomic E-state index is 12.5. The number of rotatable bonds is 3. The zero-order valence-corrected chi connectivity index (χ0v) is 15.8. The lowest BCUT2D eigenvalue weighted by molar-refractivity contribution is -0.120. The number of amides is 1. The third-order valence-corrected chi connectivity index (χ3v) is 5.66. The molecule has 1 amide bonds. The van der Waals surface area contributed by atoms with Gasteiger partial charge in [0, 0.05) is 13.0 Å². The minimum absolute atomic E-state index is 0.0924. The van der Waals surface area contributed by atoms with Crippen molar-refractivity contribution in [2.45, 2.75) is 19.3 Å². The van der Waals surface area contributed by atoms with Crippen molar-refractivity contribution < 1.29 is 4.79 Å². The average molecular weight is 384 g/mol. The van der Waals surface area contributed by atoms with Crippen molar-refractivity contribution in [3.63, 3.8) is 0 Å². The third kappa shape index (κ3) is 3.44. The van der Waals surface area contributed by atoms with E-state index in [2.05, 4.69) is 42.5 Å². The van der Waals surface area contributed by atoms with Gasteiger partial charge in [-0.25, -0.2) is 0 Å². The van der Waals surface area contributed by atoms with Gasteiger partial charge >= 0.3 is 0 Å². The van der Waals surface area contributed by atoms with Crippen molar-refractivity contribution in [2.24, 2.45) is 5.92 Å². The summed E-state index contributed by atoms with van der Waals surface area (Å²) in [6.45, 7) is 0.648. The number of piperidine rings is 1. The van der Waals surface area contributed by atoms with Crippen LogP contribution in [0.15, 0.2) is 60.7 Å². The Bertz CT molecular complexity index is 949. The summed E-state index contributed by atoms with van der Waals surface area (Å²) in [7, 11) is 0. The van der Waals surface area contributed by atoms with Crippen LogP contribution in [0.2, 0.25) is 10.0 Å². The number of anilines is 1. The fourth-order valence-corrected chi connectivity index (χ4v) is 4.34. The monoisotopic (exact) mass is 383 g/mol. The molecular formula is C22H19Cl2NO. The third-order valence-electron chi connectivity index (χ3n) is 5.05. The molecule has 1 saturated heterocycles. The second-order valence-corrected chi connectivity index (χ2v) is 7.68. The van der Waals surface area contributed by atoms with Gasteiger partial charge in [-0.3, -0.25) is 4.79 Å². The lowest BCUT2D eigenvalue weighted by Crippen LogP contribution is -2.41. The molecule has 4 heteroatoms. The Labute approximate surface area is 163 Å². The van der Waals surface area contributed by atoms with Crippen LogP contribution in [0.25, 0.3) is 10.8 Å². The highest BCUT2D eigenvalue weighted by molar-refractivity contribution is 6.39. The second-order valence-electron chi connectivity index (χ2n) is 6.86. The topological polar surface area (TPSA) is 20.3 Å². The maximum Gasteiger partial charge on any atom is 0.227 e. The minimum Gasteiger partial charge on any atom is -0.309 e. The summed E-state index contributed by atoms with van der Waals surface area (Å²) in [4.78, 5) is 14.2. The molecule has 3 aromatic rings. The van der Waals surface area contributed by atoms with Crippen LogP contribution in [0.5, 0.6) is 0 Å². The highest BCUT2D eigenvalue weighted by Crippen LogP contribution is 2.37. The van der Waals surface area contributed by atoms with Gasteiger partial charge in [0.25, 0.3) is 0 Å². The zero-order valence-electron chi connectivity index (χ0n) is 14.3. The van der Waals surface area contributed by atoms with Crippen LogP contribution >= 0.6 is 23.2 Å². The summed E-state index contributed by atoms with van der Waals surface area (Å²) in [6.07, 6.45) is 2.36. The highest BCUT2D eigenvalue weighted by atomic mass is 35.5. The molecule has 0 aliphatic carbocycles. The normalized spacial score (nSPS) is 17.7. The van der Waals surface area contributed by atoms with E-state index in [0.717, 1.165) is 12.8 Å². The number of halogens is 2. The first-order valence-electron chi connectivity index (χ1n) is 8.84. The van der Waals surface area contributed by atoms with Gasteiger partial charge < -0.3 is 4.90 Å². The Kier molecular flexibility index (Phi) is 4.88. The number of hydrogen-bond acceptors (Lipinski definition) is 1. The molecule has 1 fully saturated rings. The molecule has 2 nitrogen and oxygen atoms in total. The fourth-order valence-electron chi connectivity index (χ4n) is 3.74. The number of para-hydroxylation sites is 1. The summed E-state index contributed by atoms with van der Waals surface area (Å²) in [5.74, 6) is 0.482. The van der Waals surface area contributed by atoms with Crippen molar-refractivity contribution in [2.75, 3.05) is 11.4 Å². The van der Waals surface area contributed by atoms with E-state index in [0.29, 0.717) is 34.6 Å². The molecule has 1 heterocycles. The molecule has 26 heavy (non-hydrogen) atoms. The van der Waals surface area contributed by atoms with E-state index in [4.69, 9.17) is 23.2 Å². The summed E-state index contributed by atoms with van der Waals surface area (Å²) < 4.78 is 0. The van der Waals surface area contributed by atoms with Gasteiger partial charge in [0.1, 0.15) is 0 Å². The molecule has 0 bridgehead atoms. The molecule has 1 unspecified atom stereocenters. The van der Waals surface area contributed by atoms with E-state index < -0.39 is 0 Å². The van der Waals surface area contributed by atoms with Gasteiger partial charge in [-0.15, -0.1) is 0 Å². The highest BCUT2D eigenvalue weighted by Gasteiger charge is 2.29. The van der Waals surface area contributed by atoms with E-state index in [1.54, 1.807) is 23.1 Å². The molecule has 1 aliphatic rings. The van der Waals surface area contributed by atoms with Crippen LogP contribution in [0.4, 0.5) is 5.69 Å². The predicted octanol–water partition coefficient (Wildman–Crippen LogP) is 6.13. The summed E-state index contributed by atoms with van der Waals surface area (Å²) in [6, 6.07) is 20.3. The summed E-state index contributed by atoms with van der Waals surface area (Å²) >= 11 is 12.6. The first kappa shape index (κ1) is 17.4. The standard InChI is InChI=1S/C22H19Cl2NO/c23-19-6-3-7-20(24)22(19)25-14-16(9-11-21(25)26)12-15-8-10-17-4-1-2-5-18(17)13-15/h1-8,10,13,16H,9,11-12,14H2. The molecule has 1 atom stereocenters. The van der Waals surface area contributed by atoms with E-state index >= 15 is 0 Å². The van der Waals surface area contributed by atoms with E-state index in [1.807, 2.05) is 0 Å². The number of hydrogen-bond donors (Lipinski definition) is 0. The summed E-state index contributed by atoms with van der Waals surface area (Å²) in [5.41, 5.74) is 1.94. The molecule has 132 valence electrons. The smallest absolute Gasteiger partial charge is 0.227 e. The number of nitrogens with zero attached hydrogens (tertiary/aromatic N) is 1. The van der Waals surface area contributed by atoms with Crippen LogP contribution in [0.3, 0.4) is 0 Å². The van der Waals surface area contributed by atoms with Crippen molar-refractivity contribution in [3.05, 3.63) is 76.3 Å². The molecule has 4 rings (SSSR count). The molecular weight excluding hydrogens is 365 g/mol. The van der Waals surface area contributed by atoms with Crippen molar-refractivity contribution >= 4 is 45.6 Å². The number of benzene rings is 3. The Morgan fingerprint density at radius 3 is 2.42 bits per heavy atom. The number of carbonyl (C=O) groups is 1. The molecule has 0 saturated carbocycles. The van der Waals surface area contributed by atoms with E-state index in [9.17, 15) is 4.79 Å². The van der Waals surface area contributed by atoms with Crippen LogP contribution in [-0.4, -0.2) is 12.5 Å². The van der Waals surface area contributed by atoms with Gasteiger partial charge in [0.05, 0.1) is 15.7 Å². The summed E-state index contributed by atoms with van der Waals surface area (Å²) in [5, 5.41) is 3.55. The number of fused-ring (bicyclic) bond motifs is 1. The molecule has 0 N–H and O–H groups in total.